The molecule has 4 nitrogen and oxygen atoms in total. The summed E-state index contributed by atoms with van der Waals surface area (Å²) in [4.78, 5) is 0. The average molecular weight is 351 g/mol. The van der Waals surface area contributed by atoms with Crippen LogP contribution in [0.4, 0.5) is 4.39 Å². The van der Waals surface area contributed by atoms with Crippen molar-refractivity contribution in [3.8, 4) is 5.75 Å². The standard InChI is InChI=1S/C18H22FNO3S/c19-17-9-11-18(12-10-17)23-14-5-13-20-24(21,22)15-4-8-16-6-2-1-3-7-16/h1-3,6-7,9-12,20H,4-5,8,13-15H2. The molecule has 24 heavy (non-hydrogen) atoms. The number of hydrogen-bond acceptors (Lipinski definition) is 3. The summed E-state index contributed by atoms with van der Waals surface area (Å²) in [5.41, 5.74) is 1.14. The molecule has 0 fully saturated rings. The van der Waals surface area contributed by atoms with E-state index in [1.165, 1.54) is 12.1 Å². The minimum atomic E-state index is -3.26. The van der Waals surface area contributed by atoms with E-state index in [-0.39, 0.29) is 11.6 Å². The van der Waals surface area contributed by atoms with Gasteiger partial charge in [0.05, 0.1) is 12.4 Å². The van der Waals surface area contributed by atoms with Crippen LogP contribution in [0.2, 0.25) is 0 Å². The summed E-state index contributed by atoms with van der Waals surface area (Å²) >= 11 is 0. The third kappa shape index (κ3) is 7.10. The molecule has 1 N–H and O–H groups in total. The highest BCUT2D eigenvalue weighted by Gasteiger charge is 2.09. The van der Waals surface area contributed by atoms with E-state index in [1.807, 2.05) is 30.3 Å². The molecule has 0 aromatic heterocycles. The molecular weight excluding hydrogens is 329 g/mol. The summed E-state index contributed by atoms with van der Waals surface area (Å²) in [6, 6.07) is 15.6. The Balaban J connectivity index is 1.59. The lowest BCUT2D eigenvalue weighted by Gasteiger charge is -2.08. The van der Waals surface area contributed by atoms with E-state index in [1.54, 1.807) is 12.1 Å². The third-order valence-corrected chi connectivity index (χ3v) is 4.92. The van der Waals surface area contributed by atoms with Gasteiger partial charge in [-0.15, -0.1) is 0 Å². The highest BCUT2D eigenvalue weighted by molar-refractivity contribution is 7.89. The molecule has 2 aromatic carbocycles. The van der Waals surface area contributed by atoms with Crippen molar-refractivity contribution in [1.29, 1.82) is 0 Å². The van der Waals surface area contributed by atoms with E-state index < -0.39 is 10.0 Å². The first kappa shape index (κ1) is 18.4. The van der Waals surface area contributed by atoms with Gasteiger partial charge in [-0.3, -0.25) is 0 Å². The largest absolute Gasteiger partial charge is 0.494 e. The number of aryl methyl sites for hydroxylation is 1. The normalized spacial score (nSPS) is 11.4. The molecule has 0 spiro atoms. The Morgan fingerprint density at radius 1 is 0.958 bits per heavy atom. The zero-order valence-electron chi connectivity index (χ0n) is 13.4. The zero-order chi connectivity index (χ0) is 17.3. The topological polar surface area (TPSA) is 55.4 Å². The molecule has 0 amide bonds. The van der Waals surface area contributed by atoms with Crippen molar-refractivity contribution in [2.24, 2.45) is 0 Å². The first-order valence-electron chi connectivity index (χ1n) is 7.95. The van der Waals surface area contributed by atoms with Gasteiger partial charge in [0.15, 0.2) is 0 Å². The van der Waals surface area contributed by atoms with Crippen LogP contribution in [0.3, 0.4) is 0 Å². The van der Waals surface area contributed by atoms with Crippen LogP contribution in [0.15, 0.2) is 54.6 Å². The Morgan fingerprint density at radius 2 is 1.67 bits per heavy atom. The van der Waals surface area contributed by atoms with Crippen molar-refractivity contribution < 1.29 is 17.5 Å². The monoisotopic (exact) mass is 351 g/mol. The predicted molar refractivity (Wildman–Crippen MR) is 93.1 cm³/mol. The fourth-order valence-corrected chi connectivity index (χ4v) is 3.33. The van der Waals surface area contributed by atoms with Crippen molar-refractivity contribution in [3.05, 3.63) is 66.0 Å². The third-order valence-electron chi connectivity index (χ3n) is 3.45. The van der Waals surface area contributed by atoms with Gasteiger partial charge in [-0.25, -0.2) is 17.5 Å². The van der Waals surface area contributed by atoms with Gasteiger partial charge in [0.25, 0.3) is 0 Å². The summed E-state index contributed by atoms with van der Waals surface area (Å²) in [6.45, 7) is 0.701. The van der Waals surface area contributed by atoms with Crippen LogP contribution in [0.1, 0.15) is 18.4 Å². The molecule has 0 heterocycles. The minimum absolute atomic E-state index is 0.112. The molecule has 0 saturated heterocycles. The fourth-order valence-electron chi connectivity index (χ4n) is 2.20. The van der Waals surface area contributed by atoms with Gasteiger partial charge in [0.1, 0.15) is 11.6 Å². The number of rotatable bonds is 10. The fraction of sp³-hybridized carbons (Fsp3) is 0.333. The molecule has 130 valence electrons. The molecule has 0 aliphatic heterocycles. The summed E-state index contributed by atoms with van der Waals surface area (Å²) in [5, 5.41) is 0. The number of nitrogens with one attached hydrogen (secondary N) is 1. The average Bonchev–Trinajstić information content (AvgIpc) is 2.57. The van der Waals surface area contributed by atoms with E-state index >= 15 is 0 Å². The highest BCUT2D eigenvalue weighted by Crippen LogP contribution is 2.11. The van der Waals surface area contributed by atoms with Crippen molar-refractivity contribution in [3.63, 3.8) is 0 Å². The van der Waals surface area contributed by atoms with Crippen LogP contribution in [0.5, 0.6) is 5.75 Å². The van der Waals surface area contributed by atoms with E-state index in [4.69, 9.17) is 4.74 Å². The number of hydrogen-bond donors (Lipinski definition) is 1. The second kappa shape index (κ2) is 9.39. The van der Waals surface area contributed by atoms with Gasteiger partial charge in [0.2, 0.25) is 10.0 Å². The molecule has 0 atom stereocenters. The maximum Gasteiger partial charge on any atom is 0.211 e. The number of ether oxygens (including phenoxy) is 1. The number of halogens is 1. The van der Waals surface area contributed by atoms with E-state index in [2.05, 4.69) is 4.72 Å². The van der Waals surface area contributed by atoms with Gasteiger partial charge in [-0.1, -0.05) is 30.3 Å². The number of sulfonamides is 1. The Morgan fingerprint density at radius 3 is 2.38 bits per heavy atom. The van der Waals surface area contributed by atoms with Gasteiger partial charge >= 0.3 is 0 Å². The number of benzene rings is 2. The Hall–Kier alpha value is -1.92. The van der Waals surface area contributed by atoms with Crippen molar-refractivity contribution in [2.75, 3.05) is 18.9 Å². The second-order valence-electron chi connectivity index (χ2n) is 5.46. The summed E-state index contributed by atoms with van der Waals surface area (Å²) < 4.78 is 44.5. The molecular formula is C18H22FNO3S. The van der Waals surface area contributed by atoms with Crippen LogP contribution in [-0.2, 0) is 16.4 Å². The highest BCUT2D eigenvalue weighted by atomic mass is 32.2. The van der Waals surface area contributed by atoms with Crippen molar-refractivity contribution >= 4 is 10.0 Å². The maximum absolute atomic E-state index is 12.7. The predicted octanol–water partition coefficient (Wildman–Crippen LogP) is 3.15. The summed E-state index contributed by atoms with van der Waals surface area (Å²) in [7, 11) is -3.26. The lowest BCUT2D eigenvalue weighted by molar-refractivity contribution is 0.311. The van der Waals surface area contributed by atoms with Gasteiger partial charge in [-0.05, 0) is 49.1 Å². The Labute approximate surface area is 142 Å². The molecule has 0 radical (unpaired) electrons. The Kier molecular flexibility index (Phi) is 7.21. The van der Waals surface area contributed by atoms with Gasteiger partial charge in [0, 0.05) is 6.54 Å². The smallest absolute Gasteiger partial charge is 0.211 e. The van der Waals surface area contributed by atoms with E-state index in [9.17, 15) is 12.8 Å². The molecule has 0 saturated carbocycles. The second-order valence-corrected chi connectivity index (χ2v) is 7.38. The molecule has 0 aliphatic carbocycles. The first-order valence-corrected chi connectivity index (χ1v) is 9.60. The van der Waals surface area contributed by atoms with Crippen molar-refractivity contribution in [2.45, 2.75) is 19.3 Å². The van der Waals surface area contributed by atoms with Crippen molar-refractivity contribution in [1.82, 2.24) is 4.72 Å². The first-order chi connectivity index (χ1) is 11.6. The lowest BCUT2D eigenvalue weighted by atomic mass is 10.1. The van der Waals surface area contributed by atoms with Crippen LogP contribution >= 0.6 is 0 Å². The van der Waals surface area contributed by atoms with E-state index in [0.717, 1.165) is 12.0 Å². The molecule has 2 aromatic rings. The Bertz CT molecular complexity index is 703. The minimum Gasteiger partial charge on any atom is -0.494 e. The molecule has 0 aliphatic rings. The SMILES string of the molecule is O=S(=O)(CCCc1ccccc1)NCCCOc1ccc(F)cc1. The quantitative estimate of drug-likeness (QED) is 0.669. The molecule has 0 bridgehead atoms. The van der Waals surface area contributed by atoms with Gasteiger partial charge < -0.3 is 4.74 Å². The molecule has 6 heteroatoms. The molecule has 0 unspecified atom stereocenters. The van der Waals surface area contributed by atoms with Crippen LogP contribution in [0, 0.1) is 5.82 Å². The van der Waals surface area contributed by atoms with E-state index in [0.29, 0.717) is 31.7 Å². The van der Waals surface area contributed by atoms with Crippen LogP contribution in [-0.4, -0.2) is 27.3 Å². The van der Waals surface area contributed by atoms with Gasteiger partial charge in [-0.2, -0.15) is 0 Å². The van der Waals surface area contributed by atoms with Crippen LogP contribution in [0.25, 0.3) is 0 Å². The lowest BCUT2D eigenvalue weighted by Crippen LogP contribution is -2.28. The van der Waals surface area contributed by atoms with Crippen LogP contribution < -0.4 is 9.46 Å². The summed E-state index contributed by atoms with van der Waals surface area (Å²) in [5.74, 6) is 0.369. The summed E-state index contributed by atoms with van der Waals surface area (Å²) in [6.07, 6.45) is 1.89. The molecule has 2 rings (SSSR count). The maximum atomic E-state index is 12.7. The zero-order valence-corrected chi connectivity index (χ0v) is 14.3.